The molecular formula is C17H12. The minimum atomic E-state index is 1.11. The zero-order valence-corrected chi connectivity index (χ0v) is 9.43. The Morgan fingerprint density at radius 2 is 1.00 bits per heavy atom. The fraction of sp³-hybridized carbons (Fsp3) is 0. The van der Waals surface area contributed by atoms with Crippen LogP contribution in [-0.2, 0) is 0 Å². The van der Waals surface area contributed by atoms with Gasteiger partial charge in [-0.25, -0.2) is 0 Å². The maximum absolute atomic E-state index is 2.95. The van der Waals surface area contributed by atoms with Crippen molar-refractivity contribution in [2.75, 3.05) is 0 Å². The van der Waals surface area contributed by atoms with Crippen LogP contribution in [0.1, 0.15) is 11.1 Å². The summed E-state index contributed by atoms with van der Waals surface area (Å²) < 4.78 is 0. The van der Waals surface area contributed by atoms with Crippen LogP contribution in [0.15, 0.2) is 77.9 Å². The highest BCUT2D eigenvalue weighted by molar-refractivity contribution is 5.50. The maximum Gasteiger partial charge on any atom is -0.00362 e. The lowest BCUT2D eigenvalue weighted by atomic mass is 10.2. The van der Waals surface area contributed by atoms with Crippen LogP contribution in [0.25, 0.3) is 12.2 Å². The predicted molar refractivity (Wildman–Crippen MR) is 72.4 cm³/mol. The van der Waals surface area contributed by atoms with Gasteiger partial charge in [0, 0.05) is 0 Å². The molecule has 0 aliphatic carbocycles. The monoisotopic (exact) mass is 216 g/mol. The van der Waals surface area contributed by atoms with Crippen molar-refractivity contribution in [3.05, 3.63) is 89.0 Å². The van der Waals surface area contributed by atoms with Crippen molar-refractivity contribution < 1.29 is 0 Å². The number of hydrogen-bond acceptors (Lipinski definition) is 0. The third kappa shape index (κ3) is 3.87. The van der Waals surface area contributed by atoms with Gasteiger partial charge in [0.15, 0.2) is 0 Å². The van der Waals surface area contributed by atoms with E-state index in [-0.39, 0.29) is 0 Å². The first-order chi connectivity index (χ1) is 8.45. The Hall–Kier alpha value is -2.48. The molecule has 0 aromatic heterocycles. The van der Waals surface area contributed by atoms with Gasteiger partial charge in [-0.05, 0) is 29.0 Å². The predicted octanol–water partition coefficient (Wildman–Crippen LogP) is 4.32. The van der Waals surface area contributed by atoms with Crippen molar-refractivity contribution in [3.8, 4) is 0 Å². The van der Waals surface area contributed by atoms with Crippen LogP contribution in [0.2, 0.25) is 0 Å². The highest BCUT2D eigenvalue weighted by Crippen LogP contribution is 2.00. The van der Waals surface area contributed by atoms with Crippen molar-refractivity contribution in [2.45, 2.75) is 0 Å². The van der Waals surface area contributed by atoms with Crippen molar-refractivity contribution >= 4 is 12.2 Å². The summed E-state index contributed by atoms with van der Waals surface area (Å²) in [7, 11) is 0. The van der Waals surface area contributed by atoms with Gasteiger partial charge in [-0.15, -0.1) is 0 Å². The van der Waals surface area contributed by atoms with E-state index in [1.807, 2.05) is 72.8 Å². The van der Waals surface area contributed by atoms with Crippen molar-refractivity contribution in [1.29, 1.82) is 0 Å². The first-order valence-corrected chi connectivity index (χ1v) is 5.48. The number of rotatable bonds is 2. The molecule has 0 unspecified atom stereocenters. The zero-order chi connectivity index (χ0) is 11.8. The van der Waals surface area contributed by atoms with E-state index in [0.717, 1.165) is 11.1 Å². The van der Waals surface area contributed by atoms with Crippen LogP contribution in [0.5, 0.6) is 0 Å². The Bertz CT molecular complexity index is 534. The van der Waals surface area contributed by atoms with E-state index in [2.05, 4.69) is 17.2 Å². The van der Waals surface area contributed by atoms with Gasteiger partial charge in [0.25, 0.3) is 0 Å². The lowest BCUT2D eigenvalue weighted by Crippen LogP contribution is -1.65. The molecule has 0 amide bonds. The fourth-order valence-electron chi connectivity index (χ4n) is 1.38. The van der Waals surface area contributed by atoms with E-state index >= 15 is 0 Å². The van der Waals surface area contributed by atoms with E-state index < -0.39 is 0 Å². The minimum absolute atomic E-state index is 1.11. The average molecular weight is 216 g/mol. The molecule has 0 heterocycles. The second-order valence-electron chi connectivity index (χ2n) is 3.52. The molecule has 2 rings (SSSR count). The van der Waals surface area contributed by atoms with Crippen molar-refractivity contribution in [2.24, 2.45) is 0 Å². The Kier molecular flexibility index (Phi) is 4.00. The average Bonchev–Trinajstić information content (AvgIpc) is 2.41. The normalized spacial score (nSPS) is 8.47. The van der Waals surface area contributed by atoms with Gasteiger partial charge in [0.05, 0.1) is 0 Å². The van der Waals surface area contributed by atoms with Gasteiger partial charge in [0.1, 0.15) is 0 Å². The van der Waals surface area contributed by atoms with E-state index in [9.17, 15) is 0 Å². The molecule has 0 atom stereocenters. The largest absolute Gasteiger partial charge is 0.0622 e. The third-order valence-electron chi connectivity index (χ3n) is 2.22. The molecule has 0 saturated heterocycles. The Morgan fingerprint density at radius 1 is 0.588 bits per heavy atom. The molecule has 0 radical (unpaired) electrons. The van der Waals surface area contributed by atoms with Crippen LogP contribution in [0, 0.1) is 0 Å². The summed E-state index contributed by atoms with van der Waals surface area (Å²) in [6.07, 6.45) is 3.76. The molecule has 2 aromatic carbocycles. The molecule has 0 heteroatoms. The van der Waals surface area contributed by atoms with Crippen LogP contribution >= 0.6 is 0 Å². The second kappa shape index (κ2) is 6.18. The van der Waals surface area contributed by atoms with Gasteiger partial charge in [0.2, 0.25) is 0 Å². The molecular weight excluding hydrogens is 204 g/mol. The molecule has 0 saturated carbocycles. The minimum Gasteiger partial charge on any atom is -0.0622 e. The summed E-state index contributed by atoms with van der Waals surface area (Å²) in [5, 5.41) is 0. The first kappa shape index (κ1) is 11.0. The molecule has 0 fully saturated rings. The third-order valence-corrected chi connectivity index (χ3v) is 2.22. The SMILES string of the molecule is C(=C=Cc1ccccc1)=C=Cc1ccccc1. The summed E-state index contributed by atoms with van der Waals surface area (Å²) in [6, 6.07) is 20.1. The van der Waals surface area contributed by atoms with E-state index in [1.54, 1.807) is 0 Å². The van der Waals surface area contributed by atoms with Crippen LogP contribution in [-0.4, -0.2) is 0 Å². The highest BCUT2D eigenvalue weighted by atomic mass is 13.8. The topological polar surface area (TPSA) is 0 Å². The fourth-order valence-corrected chi connectivity index (χ4v) is 1.38. The molecule has 17 heavy (non-hydrogen) atoms. The van der Waals surface area contributed by atoms with Crippen LogP contribution in [0.3, 0.4) is 0 Å². The Labute approximate surface area is 102 Å². The van der Waals surface area contributed by atoms with Crippen LogP contribution < -0.4 is 0 Å². The maximum atomic E-state index is 2.95. The number of hydrogen-bond donors (Lipinski definition) is 0. The Morgan fingerprint density at radius 3 is 1.41 bits per heavy atom. The second-order valence-corrected chi connectivity index (χ2v) is 3.52. The molecule has 2 aromatic rings. The standard InChI is InChI=1S/C17H12/c1-4-10-16(11-5-1)14-8-3-9-15-17-12-6-2-7-13-17/h1-2,4-7,10-15H. The van der Waals surface area contributed by atoms with Crippen molar-refractivity contribution in [1.82, 2.24) is 0 Å². The summed E-state index contributed by atoms with van der Waals surface area (Å²) >= 11 is 0. The van der Waals surface area contributed by atoms with Gasteiger partial charge in [-0.1, -0.05) is 72.1 Å². The van der Waals surface area contributed by atoms with E-state index in [1.165, 1.54) is 0 Å². The zero-order valence-electron chi connectivity index (χ0n) is 9.43. The summed E-state index contributed by atoms with van der Waals surface area (Å²) in [5.74, 6) is 0. The molecule has 0 spiro atoms. The summed E-state index contributed by atoms with van der Waals surface area (Å²) in [5.41, 5.74) is 11.0. The van der Waals surface area contributed by atoms with E-state index in [0.29, 0.717) is 0 Å². The van der Waals surface area contributed by atoms with E-state index in [4.69, 9.17) is 0 Å². The van der Waals surface area contributed by atoms with Gasteiger partial charge in [-0.3, -0.25) is 0 Å². The molecule has 0 nitrogen and oxygen atoms in total. The first-order valence-electron chi connectivity index (χ1n) is 5.48. The molecule has 80 valence electrons. The smallest absolute Gasteiger partial charge is 0.00362 e. The molecule has 0 aliphatic heterocycles. The lowest BCUT2D eigenvalue weighted by Gasteiger charge is -1.85. The molecule has 0 N–H and O–H groups in total. The lowest BCUT2D eigenvalue weighted by molar-refractivity contribution is 1.66. The van der Waals surface area contributed by atoms with Crippen molar-refractivity contribution in [3.63, 3.8) is 0 Å². The summed E-state index contributed by atoms with van der Waals surface area (Å²) in [6.45, 7) is 0. The summed E-state index contributed by atoms with van der Waals surface area (Å²) in [4.78, 5) is 0. The van der Waals surface area contributed by atoms with Gasteiger partial charge >= 0.3 is 0 Å². The molecule has 0 bridgehead atoms. The quantitative estimate of drug-likeness (QED) is 0.656. The Balaban J connectivity index is 2.16. The van der Waals surface area contributed by atoms with Gasteiger partial charge in [-0.2, -0.15) is 0 Å². The molecule has 0 aliphatic rings. The number of benzene rings is 2. The van der Waals surface area contributed by atoms with Crippen LogP contribution in [0.4, 0.5) is 0 Å². The highest BCUT2D eigenvalue weighted by Gasteiger charge is 1.79. The van der Waals surface area contributed by atoms with Gasteiger partial charge < -0.3 is 0 Å².